The van der Waals surface area contributed by atoms with Crippen molar-refractivity contribution in [2.45, 2.75) is 85.8 Å². The first-order valence-corrected chi connectivity index (χ1v) is 13.8. The molecule has 1 fully saturated rings. The predicted octanol–water partition coefficient (Wildman–Crippen LogP) is 8.35. The van der Waals surface area contributed by atoms with Crippen LogP contribution >= 0.6 is 36.6 Å². The third-order valence-electron chi connectivity index (χ3n) is 5.20. The van der Waals surface area contributed by atoms with Gasteiger partial charge in [0.25, 0.3) is 0 Å². The Morgan fingerprint density at radius 1 is 1.26 bits per heavy atom. The van der Waals surface area contributed by atoms with Crippen molar-refractivity contribution < 1.29 is 4.74 Å². The number of thiocarbonyl (C=S) groups is 1. The van der Waals surface area contributed by atoms with Gasteiger partial charge in [0.1, 0.15) is 0 Å². The van der Waals surface area contributed by atoms with Crippen molar-refractivity contribution in [2.75, 3.05) is 12.9 Å². The molecule has 1 heterocycles. The minimum atomic E-state index is 0.173. The van der Waals surface area contributed by atoms with Crippen molar-refractivity contribution in [3.63, 3.8) is 0 Å². The predicted molar refractivity (Wildman–Crippen MR) is 151 cm³/mol. The number of rotatable bonds is 12. The maximum atomic E-state index is 5.50. The van der Waals surface area contributed by atoms with Crippen molar-refractivity contribution in [3.8, 4) is 0 Å². The summed E-state index contributed by atoms with van der Waals surface area (Å²) in [6.45, 7) is 12.5. The summed E-state index contributed by atoms with van der Waals surface area (Å²) in [5, 5.41) is 3.15. The molecule has 1 aliphatic carbocycles. The average Bonchev–Trinajstić information content (AvgIpc) is 3.33. The second-order valence-electron chi connectivity index (χ2n) is 7.61. The van der Waals surface area contributed by atoms with E-state index in [2.05, 4.69) is 56.9 Å². The van der Waals surface area contributed by atoms with E-state index in [4.69, 9.17) is 21.9 Å². The maximum absolute atomic E-state index is 5.50. The fourth-order valence-corrected chi connectivity index (χ4v) is 5.13. The number of thiol groups is 1. The van der Waals surface area contributed by atoms with E-state index in [-0.39, 0.29) is 6.10 Å². The molecule has 0 aromatic carbocycles. The number of allylic oxidation sites excluding steroid dienone is 5. The molecule has 5 heteroatoms. The molecule has 0 radical (unpaired) electrons. The molecule has 2 rings (SSSR count). The van der Waals surface area contributed by atoms with Crippen LogP contribution in [0.5, 0.6) is 0 Å². The summed E-state index contributed by atoms with van der Waals surface area (Å²) in [5.41, 5.74) is 0. The van der Waals surface area contributed by atoms with Crippen LogP contribution < -0.4 is 0 Å². The largest absolute Gasteiger partial charge is 0.381 e. The standard InChI is InChI=1S/C22H33NOS3.2C2H6/c1-16-14-20(16)22-23-18(15-27-22)9-7-5-4-6-8-10-19(26)13-17(2)21(24-3)11-12-25;2*1-2/h6-10,12,16-18,20-21,26H,4-5,11,13-15H2,1-3H3;2*1-2H3/b8-6+,9-7-,19-10-;;. The highest BCUT2D eigenvalue weighted by atomic mass is 32.2. The summed E-state index contributed by atoms with van der Waals surface area (Å²) >= 11 is 11.5. The highest BCUT2D eigenvalue weighted by Gasteiger charge is 2.39. The molecule has 5 unspecified atom stereocenters. The van der Waals surface area contributed by atoms with Gasteiger partial charge in [-0.25, -0.2) is 0 Å². The van der Waals surface area contributed by atoms with E-state index >= 15 is 0 Å². The average molecular weight is 484 g/mol. The lowest BCUT2D eigenvalue weighted by molar-refractivity contribution is 0.0663. The van der Waals surface area contributed by atoms with E-state index in [9.17, 15) is 0 Å². The van der Waals surface area contributed by atoms with Crippen LogP contribution in [-0.2, 0) is 4.74 Å². The highest BCUT2D eigenvalue weighted by Crippen LogP contribution is 2.44. The van der Waals surface area contributed by atoms with Crippen molar-refractivity contribution in [3.05, 3.63) is 35.3 Å². The number of aliphatic imine (C=N–C) groups is 1. The van der Waals surface area contributed by atoms with E-state index in [1.807, 2.05) is 39.5 Å². The van der Waals surface area contributed by atoms with Crippen molar-refractivity contribution in [1.29, 1.82) is 0 Å². The van der Waals surface area contributed by atoms with Gasteiger partial charge in [0.2, 0.25) is 0 Å². The van der Waals surface area contributed by atoms with Gasteiger partial charge in [0.15, 0.2) is 0 Å². The van der Waals surface area contributed by atoms with Crippen LogP contribution in [0.3, 0.4) is 0 Å². The molecule has 0 saturated heterocycles. The van der Waals surface area contributed by atoms with Crippen molar-refractivity contribution >= 4 is 47.0 Å². The fraction of sp³-hybridized carbons (Fsp3) is 0.692. The Hall–Kier alpha value is -0.360. The Bertz CT molecular complexity index is 597. The topological polar surface area (TPSA) is 21.6 Å². The molecule has 0 aromatic rings. The zero-order valence-corrected chi connectivity index (χ0v) is 23.2. The van der Waals surface area contributed by atoms with Gasteiger partial charge in [-0.05, 0) is 47.8 Å². The van der Waals surface area contributed by atoms with Crippen LogP contribution in [0.15, 0.2) is 40.3 Å². The van der Waals surface area contributed by atoms with E-state index < -0.39 is 0 Å². The summed E-state index contributed by atoms with van der Waals surface area (Å²) in [6, 6.07) is 0.397. The SMILES string of the molecule is CC.CC.COC(CC=S)C(C)C/C(S)=C/C=C/CC/C=C\C1CSC(C2CC2C)=N1. The van der Waals surface area contributed by atoms with Gasteiger partial charge in [-0.1, -0.05) is 84.1 Å². The first-order valence-electron chi connectivity index (χ1n) is 11.9. The molecule has 1 saturated carbocycles. The van der Waals surface area contributed by atoms with Gasteiger partial charge in [-0.15, -0.1) is 24.4 Å². The van der Waals surface area contributed by atoms with Gasteiger partial charge in [-0.2, -0.15) is 0 Å². The molecular formula is C26H45NOS3. The highest BCUT2D eigenvalue weighted by molar-refractivity contribution is 8.14. The normalized spacial score (nSPS) is 24.7. The number of unbranched alkanes of at least 4 members (excludes halogenated alkanes) is 1. The van der Waals surface area contributed by atoms with E-state index in [0.717, 1.165) is 48.2 Å². The lowest BCUT2D eigenvalue weighted by Gasteiger charge is -2.20. The fourth-order valence-electron chi connectivity index (χ4n) is 3.28. The molecule has 5 atom stereocenters. The molecule has 0 spiro atoms. The number of methoxy groups -OCH3 is 1. The minimum Gasteiger partial charge on any atom is -0.381 e. The molecule has 2 aliphatic rings. The summed E-state index contributed by atoms with van der Waals surface area (Å²) in [4.78, 5) is 5.94. The quantitative estimate of drug-likeness (QED) is 0.0990. The van der Waals surface area contributed by atoms with Crippen LogP contribution in [0.1, 0.15) is 73.6 Å². The van der Waals surface area contributed by atoms with Crippen LogP contribution in [0.25, 0.3) is 0 Å². The number of thioether (sulfide) groups is 1. The Kier molecular flexibility index (Phi) is 18.9. The molecule has 1 aliphatic heterocycles. The zero-order valence-electron chi connectivity index (χ0n) is 20.7. The Balaban J connectivity index is 0.00000212. The van der Waals surface area contributed by atoms with Crippen molar-refractivity contribution in [1.82, 2.24) is 0 Å². The summed E-state index contributed by atoms with van der Waals surface area (Å²) in [5.74, 6) is 3.16. The smallest absolute Gasteiger partial charge is 0.0783 e. The first-order chi connectivity index (χ1) is 15.0. The summed E-state index contributed by atoms with van der Waals surface area (Å²) < 4.78 is 5.50. The number of hydrogen-bond donors (Lipinski definition) is 1. The van der Waals surface area contributed by atoms with Crippen LogP contribution in [0, 0.1) is 17.8 Å². The van der Waals surface area contributed by atoms with Gasteiger partial charge >= 0.3 is 0 Å². The van der Waals surface area contributed by atoms with Crippen LogP contribution in [0.2, 0.25) is 0 Å². The third-order valence-corrected chi connectivity index (χ3v) is 6.94. The summed E-state index contributed by atoms with van der Waals surface area (Å²) in [7, 11) is 1.75. The monoisotopic (exact) mass is 483 g/mol. The third kappa shape index (κ3) is 13.1. The zero-order chi connectivity index (χ0) is 23.6. The van der Waals surface area contributed by atoms with Gasteiger partial charge in [-0.3, -0.25) is 4.99 Å². The van der Waals surface area contributed by atoms with Crippen LogP contribution in [0.4, 0.5) is 0 Å². The molecule has 0 bridgehead atoms. The van der Waals surface area contributed by atoms with Crippen LogP contribution in [-0.4, -0.2) is 35.4 Å². The Labute approximate surface area is 207 Å². The molecule has 31 heavy (non-hydrogen) atoms. The van der Waals surface area contributed by atoms with Gasteiger partial charge in [0, 0.05) is 25.2 Å². The number of hydrogen-bond acceptors (Lipinski definition) is 5. The maximum Gasteiger partial charge on any atom is 0.0783 e. The van der Waals surface area contributed by atoms with Gasteiger partial charge in [0.05, 0.1) is 17.2 Å². The molecule has 2 nitrogen and oxygen atoms in total. The number of ether oxygens (including phenoxy) is 1. The lowest BCUT2D eigenvalue weighted by Crippen LogP contribution is -2.20. The molecule has 0 amide bonds. The summed E-state index contributed by atoms with van der Waals surface area (Å²) in [6.07, 6.45) is 16.3. The van der Waals surface area contributed by atoms with Crippen molar-refractivity contribution in [2.24, 2.45) is 22.7 Å². The molecule has 0 aromatic heterocycles. The lowest BCUT2D eigenvalue weighted by atomic mass is 9.98. The van der Waals surface area contributed by atoms with Gasteiger partial charge < -0.3 is 4.74 Å². The Morgan fingerprint density at radius 2 is 1.90 bits per heavy atom. The Morgan fingerprint density at radius 3 is 2.48 bits per heavy atom. The first kappa shape index (κ1) is 30.6. The van der Waals surface area contributed by atoms with E-state index in [1.54, 1.807) is 12.5 Å². The molecule has 178 valence electrons. The molecular weight excluding hydrogens is 438 g/mol. The van der Waals surface area contributed by atoms with E-state index in [0.29, 0.717) is 12.0 Å². The minimum absolute atomic E-state index is 0.173. The van der Waals surface area contributed by atoms with E-state index in [1.165, 1.54) is 11.5 Å². The number of nitrogens with zero attached hydrogens (tertiary/aromatic N) is 1. The second-order valence-corrected chi connectivity index (χ2v) is 9.56. The molecule has 0 N–H and O–H groups in total. The second kappa shape index (κ2) is 19.1.